The van der Waals surface area contributed by atoms with Crippen molar-refractivity contribution in [3.8, 4) is 0 Å². The molecule has 0 amide bonds. The molecule has 3 heteroatoms. The zero-order valence-corrected chi connectivity index (χ0v) is 12.4. The average Bonchev–Trinajstić information content (AvgIpc) is 2.83. The van der Waals surface area contributed by atoms with E-state index in [0.717, 1.165) is 19.0 Å². The Balaban J connectivity index is 1.65. The summed E-state index contributed by atoms with van der Waals surface area (Å²) in [5.41, 5.74) is 7.50. The van der Waals surface area contributed by atoms with Crippen molar-refractivity contribution < 1.29 is 0 Å². The number of hydrogen-bond acceptors (Lipinski definition) is 3. The Kier molecular flexibility index (Phi) is 4.71. The van der Waals surface area contributed by atoms with Crippen LogP contribution in [0.2, 0.25) is 0 Å². The van der Waals surface area contributed by atoms with Crippen LogP contribution in [-0.2, 0) is 6.42 Å². The molecule has 2 aliphatic rings. The molecular weight excluding hydrogens is 246 g/mol. The topological polar surface area (TPSA) is 32.5 Å². The van der Waals surface area contributed by atoms with Crippen LogP contribution in [0, 0.1) is 0 Å². The second-order valence-electron chi connectivity index (χ2n) is 6.26. The van der Waals surface area contributed by atoms with Crippen molar-refractivity contribution >= 4 is 0 Å². The number of nitrogens with two attached hydrogens (primary N) is 1. The van der Waals surface area contributed by atoms with E-state index in [1.54, 1.807) is 0 Å². The van der Waals surface area contributed by atoms with Crippen molar-refractivity contribution in [1.82, 2.24) is 9.80 Å². The molecule has 2 aliphatic heterocycles. The maximum atomic E-state index is 6.08. The van der Waals surface area contributed by atoms with Crippen LogP contribution in [0.3, 0.4) is 0 Å². The lowest BCUT2D eigenvalue weighted by molar-refractivity contribution is 0.174. The summed E-state index contributed by atoms with van der Waals surface area (Å²) in [6, 6.07) is 12.1. The van der Waals surface area contributed by atoms with Crippen LogP contribution >= 0.6 is 0 Å². The van der Waals surface area contributed by atoms with Gasteiger partial charge in [-0.15, -0.1) is 0 Å². The third-order valence-corrected chi connectivity index (χ3v) is 4.94. The predicted octanol–water partition coefficient (Wildman–Crippen LogP) is 1.73. The maximum absolute atomic E-state index is 6.08. The van der Waals surface area contributed by atoms with Crippen molar-refractivity contribution in [3.05, 3.63) is 35.9 Å². The predicted molar refractivity (Wildman–Crippen MR) is 83.8 cm³/mol. The summed E-state index contributed by atoms with van der Waals surface area (Å²) in [7, 11) is 0. The summed E-state index contributed by atoms with van der Waals surface area (Å²) < 4.78 is 0. The van der Waals surface area contributed by atoms with E-state index >= 15 is 0 Å². The largest absolute Gasteiger partial charge is 0.329 e. The molecule has 1 aromatic rings. The molecule has 110 valence electrons. The van der Waals surface area contributed by atoms with E-state index in [1.165, 1.54) is 51.0 Å². The van der Waals surface area contributed by atoms with Gasteiger partial charge in [0.1, 0.15) is 0 Å². The molecule has 0 aliphatic carbocycles. The van der Waals surface area contributed by atoms with Gasteiger partial charge in [-0.2, -0.15) is 0 Å². The van der Waals surface area contributed by atoms with Gasteiger partial charge in [0.25, 0.3) is 0 Å². The zero-order valence-electron chi connectivity index (χ0n) is 12.4. The summed E-state index contributed by atoms with van der Waals surface area (Å²) >= 11 is 0. The summed E-state index contributed by atoms with van der Waals surface area (Å²) in [4.78, 5) is 5.35. The molecule has 2 N–H and O–H groups in total. The molecule has 2 saturated heterocycles. The molecule has 0 aromatic heterocycles. The minimum absolute atomic E-state index is 0.498. The highest BCUT2D eigenvalue weighted by Gasteiger charge is 2.31. The van der Waals surface area contributed by atoms with Gasteiger partial charge in [-0.1, -0.05) is 30.3 Å². The van der Waals surface area contributed by atoms with E-state index in [1.807, 2.05) is 0 Å². The fraction of sp³-hybridized carbons (Fsp3) is 0.647. The van der Waals surface area contributed by atoms with Crippen molar-refractivity contribution in [2.75, 3.05) is 32.7 Å². The van der Waals surface area contributed by atoms with E-state index in [2.05, 4.69) is 40.1 Å². The normalized spacial score (nSPS) is 26.1. The first-order valence-electron chi connectivity index (χ1n) is 8.09. The van der Waals surface area contributed by atoms with Crippen molar-refractivity contribution in [1.29, 1.82) is 0 Å². The fourth-order valence-corrected chi connectivity index (χ4v) is 3.81. The molecular formula is C17H27N3. The lowest BCUT2D eigenvalue weighted by atomic mass is 10.0. The first kappa shape index (κ1) is 14.1. The highest BCUT2D eigenvalue weighted by atomic mass is 15.3. The second-order valence-corrected chi connectivity index (χ2v) is 6.26. The highest BCUT2D eigenvalue weighted by molar-refractivity contribution is 5.16. The minimum Gasteiger partial charge on any atom is -0.329 e. The minimum atomic E-state index is 0.498. The second kappa shape index (κ2) is 6.70. The lowest BCUT2D eigenvalue weighted by Crippen LogP contribution is -2.46. The Morgan fingerprint density at radius 1 is 1.10 bits per heavy atom. The first-order valence-corrected chi connectivity index (χ1v) is 8.09. The molecule has 2 heterocycles. The fourth-order valence-electron chi connectivity index (χ4n) is 3.81. The van der Waals surface area contributed by atoms with E-state index in [-0.39, 0.29) is 0 Å². The van der Waals surface area contributed by atoms with Gasteiger partial charge in [0.05, 0.1) is 0 Å². The molecule has 2 atom stereocenters. The van der Waals surface area contributed by atoms with E-state index in [4.69, 9.17) is 5.73 Å². The zero-order chi connectivity index (χ0) is 13.8. The van der Waals surface area contributed by atoms with Crippen LogP contribution in [0.4, 0.5) is 0 Å². The number of benzene rings is 1. The summed E-state index contributed by atoms with van der Waals surface area (Å²) in [5.74, 6) is 0. The van der Waals surface area contributed by atoms with Gasteiger partial charge in [0.15, 0.2) is 0 Å². The molecule has 3 nitrogen and oxygen atoms in total. The van der Waals surface area contributed by atoms with E-state index in [0.29, 0.717) is 6.04 Å². The molecule has 20 heavy (non-hydrogen) atoms. The van der Waals surface area contributed by atoms with Crippen LogP contribution in [0.15, 0.2) is 30.3 Å². The van der Waals surface area contributed by atoms with Crippen molar-refractivity contribution in [2.45, 2.75) is 37.8 Å². The lowest BCUT2D eigenvalue weighted by Gasteiger charge is -2.32. The van der Waals surface area contributed by atoms with Gasteiger partial charge in [-0.05, 0) is 50.9 Å². The Hall–Kier alpha value is -0.900. The van der Waals surface area contributed by atoms with Gasteiger partial charge in [0, 0.05) is 25.2 Å². The smallest absolute Gasteiger partial charge is 0.0259 e. The van der Waals surface area contributed by atoms with Gasteiger partial charge in [0.2, 0.25) is 0 Å². The van der Waals surface area contributed by atoms with Crippen LogP contribution in [-0.4, -0.2) is 54.6 Å². The van der Waals surface area contributed by atoms with Crippen LogP contribution < -0.4 is 5.73 Å². The van der Waals surface area contributed by atoms with Gasteiger partial charge in [-0.25, -0.2) is 0 Å². The van der Waals surface area contributed by atoms with Crippen molar-refractivity contribution in [2.24, 2.45) is 5.73 Å². The van der Waals surface area contributed by atoms with E-state index in [9.17, 15) is 0 Å². The summed E-state index contributed by atoms with van der Waals surface area (Å²) in [6.07, 6.45) is 5.13. The van der Waals surface area contributed by atoms with Gasteiger partial charge in [-0.3, -0.25) is 9.80 Å². The van der Waals surface area contributed by atoms with Crippen LogP contribution in [0.1, 0.15) is 24.8 Å². The monoisotopic (exact) mass is 273 g/mol. The van der Waals surface area contributed by atoms with Gasteiger partial charge < -0.3 is 5.73 Å². The maximum Gasteiger partial charge on any atom is 0.0259 e. The molecule has 2 fully saturated rings. The molecule has 3 rings (SSSR count). The Labute approximate surface area is 122 Å². The first-order chi connectivity index (χ1) is 9.86. The molecule has 0 bridgehead atoms. The molecule has 2 unspecified atom stereocenters. The number of rotatable bonds is 4. The van der Waals surface area contributed by atoms with Crippen LogP contribution in [0.5, 0.6) is 0 Å². The molecule has 0 radical (unpaired) electrons. The number of hydrogen-bond donors (Lipinski definition) is 1. The molecule has 0 spiro atoms. The Morgan fingerprint density at radius 2 is 1.90 bits per heavy atom. The highest BCUT2D eigenvalue weighted by Crippen LogP contribution is 2.23. The third kappa shape index (κ3) is 3.22. The quantitative estimate of drug-likeness (QED) is 0.907. The van der Waals surface area contributed by atoms with Gasteiger partial charge >= 0.3 is 0 Å². The molecule has 0 saturated carbocycles. The van der Waals surface area contributed by atoms with E-state index < -0.39 is 0 Å². The van der Waals surface area contributed by atoms with Crippen molar-refractivity contribution in [3.63, 3.8) is 0 Å². The standard InChI is InChI=1S/C17H27N3/c18-13-17(12-15-6-2-1-3-7-15)20-11-5-10-19-9-4-8-16(19)14-20/h1-3,6-7,16-17H,4-5,8-14,18H2. The Morgan fingerprint density at radius 3 is 2.70 bits per heavy atom. The number of fused-ring (bicyclic) bond motifs is 1. The average molecular weight is 273 g/mol. The molecule has 1 aromatic carbocycles. The summed E-state index contributed by atoms with van der Waals surface area (Å²) in [6.45, 7) is 5.78. The SMILES string of the molecule is NCC(Cc1ccccc1)N1CCCN2CCCC2C1. The summed E-state index contributed by atoms with van der Waals surface area (Å²) in [5, 5.41) is 0. The number of nitrogens with zero attached hydrogens (tertiary/aromatic N) is 2. The Bertz CT molecular complexity index is 406. The van der Waals surface area contributed by atoms with Crippen LogP contribution in [0.25, 0.3) is 0 Å². The third-order valence-electron chi connectivity index (χ3n) is 4.94.